The molecule has 0 aliphatic carbocycles. The number of benzene rings is 3. The fourth-order valence-electron chi connectivity index (χ4n) is 4.88. The SMILES string of the molecule is CCOc1ccc([C@H](C(=O)NCc2ccccc2)N(C[C@H]2CCCO2)C(=O)Cn2nnc3ccccc32)cc1. The van der Waals surface area contributed by atoms with Crippen LogP contribution in [0.15, 0.2) is 78.9 Å². The molecule has 9 heteroatoms. The molecule has 3 aromatic carbocycles. The Kier molecular flexibility index (Phi) is 8.48. The van der Waals surface area contributed by atoms with Crippen LogP contribution in [0.25, 0.3) is 11.0 Å². The van der Waals surface area contributed by atoms with Crippen LogP contribution >= 0.6 is 0 Å². The first kappa shape index (κ1) is 26.4. The van der Waals surface area contributed by atoms with E-state index in [2.05, 4.69) is 15.6 Å². The van der Waals surface area contributed by atoms with Crippen molar-refractivity contribution in [3.05, 3.63) is 90.0 Å². The predicted molar refractivity (Wildman–Crippen MR) is 147 cm³/mol. The summed E-state index contributed by atoms with van der Waals surface area (Å²) in [5.41, 5.74) is 3.13. The Morgan fingerprint density at radius 2 is 1.85 bits per heavy atom. The number of ether oxygens (including phenoxy) is 2. The fourth-order valence-corrected chi connectivity index (χ4v) is 4.88. The topological polar surface area (TPSA) is 98.6 Å². The highest BCUT2D eigenvalue weighted by molar-refractivity contribution is 5.89. The van der Waals surface area contributed by atoms with Crippen LogP contribution in [-0.4, -0.2) is 57.6 Å². The first-order chi connectivity index (χ1) is 19.1. The highest BCUT2D eigenvalue weighted by atomic mass is 16.5. The second-order valence-corrected chi connectivity index (χ2v) is 9.52. The zero-order valence-electron chi connectivity index (χ0n) is 22.0. The number of carbonyl (C=O) groups is 2. The molecule has 1 aromatic heterocycles. The summed E-state index contributed by atoms with van der Waals surface area (Å²) in [6.07, 6.45) is 1.61. The van der Waals surface area contributed by atoms with E-state index in [4.69, 9.17) is 9.47 Å². The van der Waals surface area contributed by atoms with E-state index in [1.54, 1.807) is 9.58 Å². The third kappa shape index (κ3) is 6.43. The lowest BCUT2D eigenvalue weighted by Gasteiger charge is -2.33. The molecular weight excluding hydrogens is 494 g/mol. The number of para-hydroxylation sites is 1. The summed E-state index contributed by atoms with van der Waals surface area (Å²) in [6, 6.07) is 23.7. The Hall–Kier alpha value is -4.24. The summed E-state index contributed by atoms with van der Waals surface area (Å²) >= 11 is 0. The van der Waals surface area contributed by atoms with E-state index in [1.807, 2.05) is 85.8 Å². The lowest BCUT2D eigenvalue weighted by molar-refractivity contribution is -0.143. The van der Waals surface area contributed by atoms with Gasteiger partial charge in [-0.2, -0.15) is 0 Å². The van der Waals surface area contributed by atoms with Gasteiger partial charge in [0.05, 0.1) is 18.2 Å². The molecule has 0 unspecified atom stereocenters. The Balaban J connectivity index is 1.47. The number of nitrogens with zero attached hydrogens (tertiary/aromatic N) is 4. The van der Waals surface area contributed by atoms with Gasteiger partial charge in [-0.1, -0.05) is 59.8 Å². The molecule has 0 spiro atoms. The van der Waals surface area contributed by atoms with E-state index < -0.39 is 6.04 Å². The predicted octanol–water partition coefficient (Wildman–Crippen LogP) is 3.90. The molecule has 1 aliphatic heterocycles. The van der Waals surface area contributed by atoms with E-state index in [9.17, 15) is 9.59 Å². The maximum atomic E-state index is 14.0. The van der Waals surface area contributed by atoms with Crippen molar-refractivity contribution in [2.45, 2.75) is 45.0 Å². The Labute approximate surface area is 227 Å². The zero-order valence-corrected chi connectivity index (χ0v) is 22.0. The number of hydrogen-bond acceptors (Lipinski definition) is 6. The lowest BCUT2D eigenvalue weighted by atomic mass is 10.0. The molecule has 2 amide bonds. The Morgan fingerprint density at radius 3 is 2.59 bits per heavy atom. The summed E-state index contributed by atoms with van der Waals surface area (Å²) in [7, 11) is 0. The van der Waals surface area contributed by atoms with Gasteiger partial charge in [-0.25, -0.2) is 4.68 Å². The third-order valence-electron chi connectivity index (χ3n) is 6.83. The van der Waals surface area contributed by atoms with Crippen molar-refractivity contribution in [1.29, 1.82) is 0 Å². The van der Waals surface area contributed by atoms with Crippen LogP contribution in [-0.2, 0) is 27.4 Å². The average molecular weight is 528 g/mol. The molecule has 1 saturated heterocycles. The number of fused-ring (bicyclic) bond motifs is 1. The van der Waals surface area contributed by atoms with Crippen LogP contribution in [0.5, 0.6) is 5.75 Å². The second-order valence-electron chi connectivity index (χ2n) is 9.52. The minimum atomic E-state index is -0.865. The van der Waals surface area contributed by atoms with Crippen LogP contribution in [0.4, 0.5) is 0 Å². The minimum absolute atomic E-state index is 0.0489. The first-order valence-corrected chi connectivity index (χ1v) is 13.4. The highest BCUT2D eigenvalue weighted by Gasteiger charge is 2.34. The largest absolute Gasteiger partial charge is 0.494 e. The van der Waals surface area contributed by atoms with Crippen LogP contribution in [0.2, 0.25) is 0 Å². The van der Waals surface area contributed by atoms with Crippen LogP contribution in [0.1, 0.15) is 36.9 Å². The molecular formula is C30H33N5O4. The number of carbonyl (C=O) groups excluding carboxylic acids is 2. The van der Waals surface area contributed by atoms with Crippen LogP contribution in [0.3, 0.4) is 0 Å². The summed E-state index contributed by atoms with van der Waals surface area (Å²) < 4.78 is 13.1. The number of amides is 2. The lowest BCUT2D eigenvalue weighted by Crippen LogP contribution is -2.47. The van der Waals surface area contributed by atoms with Gasteiger partial charge in [-0.15, -0.1) is 5.10 Å². The van der Waals surface area contributed by atoms with Gasteiger partial charge < -0.3 is 19.7 Å². The van der Waals surface area contributed by atoms with Gasteiger partial charge in [0.2, 0.25) is 11.8 Å². The second kappa shape index (κ2) is 12.5. The summed E-state index contributed by atoms with van der Waals surface area (Å²) in [5, 5.41) is 11.4. The minimum Gasteiger partial charge on any atom is -0.494 e. The molecule has 2 heterocycles. The van der Waals surface area contributed by atoms with Crippen LogP contribution in [0, 0.1) is 0 Å². The van der Waals surface area contributed by atoms with Gasteiger partial charge in [-0.3, -0.25) is 9.59 Å². The molecule has 0 radical (unpaired) electrons. The molecule has 1 N–H and O–H groups in total. The summed E-state index contributed by atoms with van der Waals surface area (Å²) in [4.78, 5) is 29.5. The van der Waals surface area contributed by atoms with Gasteiger partial charge in [0, 0.05) is 19.7 Å². The zero-order chi connectivity index (χ0) is 27.0. The molecule has 1 fully saturated rings. The molecule has 4 aromatic rings. The van der Waals surface area contributed by atoms with E-state index in [1.165, 1.54) is 0 Å². The molecule has 0 bridgehead atoms. The summed E-state index contributed by atoms with van der Waals surface area (Å²) in [5.74, 6) is 0.198. The first-order valence-electron chi connectivity index (χ1n) is 13.4. The maximum Gasteiger partial charge on any atom is 0.247 e. The van der Waals surface area contributed by atoms with Gasteiger partial charge in [0.15, 0.2) is 0 Å². The molecule has 0 saturated carbocycles. The smallest absolute Gasteiger partial charge is 0.247 e. The molecule has 5 rings (SSSR count). The Bertz CT molecular complexity index is 1380. The van der Waals surface area contributed by atoms with Crippen molar-refractivity contribution in [1.82, 2.24) is 25.2 Å². The van der Waals surface area contributed by atoms with Crippen LogP contribution < -0.4 is 10.1 Å². The Morgan fingerprint density at radius 1 is 1.08 bits per heavy atom. The van der Waals surface area contributed by atoms with E-state index in [0.29, 0.717) is 43.1 Å². The molecule has 1 aliphatic rings. The van der Waals surface area contributed by atoms with E-state index in [0.717, 1.165) is 23.9 Å². The van der Waals surface area contributed by atoms with Crippen molar-refractivity contribution in [2.75, 3.05) is 19.8 Å². The van der Waals surface area contributed by atoms with Crippen molar-refractivity contribution < 1.29 is 19.1 Å². The summed E-state index contributed by atoms with van der Waals surface area (Å²) in [6.45, 7) is 3.70. The normalized spacial score (nSPS) is 15.7. The molecule has 2 atom stereocenters. The highest BCUT2D eigenvalue weighted by Crippen LogP contribution is 2.27. The number of rotatable bonds is 11. The number of aromatic nitrogens is 3. The van der Waals surface area contributed by atoms with Crippen molar-refractivity contribution in [3.8, 4) is 5.75 Å². The molecule has 9 nitrogen and oxygen atoms in total. The third-order valence-corrected chi connectivity index (χ3v) is 6.83. The monoisotopic (exact) mass is 527 g/mol. The average Bonchev–Trinajstić information content (AvgIpc) is 3.63. The van der Waals surface area contributed by atoms with Crippen molar-refractivity contribution >= 4 is 22.8 Å². The van der Waals surface area contributed by atoms with E-state index >= 15 is 0 Å². The number of hydrogen-bond donors (Lipinski definition) is 1. The van der Waals surface area contributed by atoms with Gasteiger partial charge in [0.1, 0.15) is 23.9 Å². The fraction of sp³-hybridized carbons (Fsp3) is 0.333. The number of nitrogens with one attached hydrogen (secondary N) is 1. The maximum absolute atomic E-state index is 14.0. The van der Waals surface area contributed by atoms with Gasteiger partial charge in [-0.05, 0) is 55.2 Å². The molecule has 39 heavy (non-hydrogen) atoms. The standard InChI is InChI=1S/C30H33N5O4/c1-2-38-24-16-14-23(15-17-24)29(30(37)31-19-22-9-4-3-5-10-22)34(20-25-11-8-18-39-25)28(36)21-35-27-13-7-6-12-26(27)32-33-35/h3-7,9-10,12-17,25,29H,2,8,11,18-21H2,1H3,(H,31,37)/t25-,29-/m1/s1. The van der Waals surface area contributed by atoms with Crippen molar-refractivity contribution in [3.63, 3.8) is 0 Å². The van der Waals surface area contributed by atoms with E-state index in [-0.39, 0.29) is 24.5 Å². The van der Waals surface area contributed by atoms with Gasteiger partial charge >= 0.3 is 0 Å². The van der Waals surface area contributed by atoms with Gasteiger partial charge in [0.25, 0.3) is 0 Å². The van der Waals surface area contributed by atoms with Crippen molar-refractivity contribution in [2.24, 2.45) is 0 Å². The molecule has 202 valence electrons. The quantitative estimate of drug-likeness (QED) is 0.318.